The highest BCUT2D eigenvalue weighted by atomic mass is 16.5. The summed E-state index contributed by atoms with van der Waals surface area (Å²) in [6.45, 7) is 5.12. The molecule has 1 aliphatic carbocycles. The van der Waals surface area contributed by atoms with E-state index in [1.807, 2.05) is 0 Å². The van der Waals surface area contributed by atoms with Crippen molar-refractivity contribution in [2.24, 2.45) is 5.92 Å². The molecule has 0 unspecified atom stereocenters. The minimum Gasteiger partial charge on any atom is -0.375 e. The van der Waals surface area contributed by atoms with Crippen LogP contribution in [0.4, 0.5) is 0 Å². The van der Waals surface area contributed by atoms with Gasteiger partial charge in [-0.3, -0.25) is 0 Å². The van der Waals surface area contributed by atoms with Crippen LogP contribution in [0.5, 0.6) is 0 Å². The summed E-state index contributed by atoms with van der Waals surface area (Å²) in [6.07, 6.45) is 8.06. The molecule has 0 aromatic rings. The summed E-state index contributed by atoms with van der Waals surface area (Å²) < 4.78 is 5.40. The van der Waals surface area contributed by atoms with Crippen molar-refractivity contribution in [1.82, 2.24) is 0 Å². The zero-order valence-electron chi connectivity index (χ0n) is 7.51. The van der Waals surface area contributed by atoms with E-state index in [2.05, 4.69) is 13.5 Å². The SMILES string of the molecule is CCCO[CH]C1CCCCC1. The second-order valence-corrected chi connectivity index (χ2v) is 3.40. The van der Waals surface area contributed by atoms with Gasteiger partial charge in [-0.2, -0.15) is 0 Å². The summed E-state index contributed by atoms with van der Waals surface area (Å²) in [4.78, 5) is 0. The third-order valence-electron chi connectivity index (χ3n) is 2.26. The second-order valence-electron chi connectivity index (χ2n) is 3.40. The lowest BCUT2D eigenvalue weighted by Gasteiger charge is -2.20. The summed E-state index contributed by atoms with van der Waals surface area (Å²) >= 11 is 0. The number of ether oxygens (including phenoxy) is 1. The normalized spacial score (nSPS) is 20.5. The fourth-order valence-electron chi connectivity index (χ4n) is 1.59. The van der Waals surface area contributed by atoms with Crippen LogP contribution in [0.25, 0.3) is 0 Å². The van der Waals surface area contributed by atoms with Crippen LogP contribution in [0.1, 0.15) is 45.4 Å². The summed E-state index contributed by atoms with van der Waals surface area (Å²) in [5.74, 6) is 0.760. The number of rotatable bonds is 4. The molecular formula is C10H19O. The van der Waals surface area contributed by atoms with Gasteiger partial charge in [-0.15, -0.1) is 0 Å². The molecule has 1 saturated carbocycles. The Morgan fingerprint density at radius 3 is 2.64 bits per heavy atom. The molecule has 0 aromatic carbocycles. The van der Waals surface area contributed by atoms with Crippen molar-refractivity contribution in [2.75, 3.05) is 6.61 Å². The van der Waals surface area contributed by atoms with Crippen molar-refractivity contribution in [3.05, 3.63) is 6.61 Å². The van der Waals surface area contributed by atoms with Crippen molar-refractivity contribution in [3.63, 3.8) is 0 Å². The van der Waals surface area contributed by atoms with Crippen LogP contribution in [-0.4, -0.2) is 6.61 Å². The monoisotopic (exact) mass is 155 g/mol. The largest absolute Gasteiger partial charge is 0.375 e. The topological polar surface area (TPSA) is 9.23 Å². The highest BCUT2D eigenvalue weighted by Gasteiger charge is 2.13. The van der Waals surface area contributed by atoms with Gasteiger partial charge in [-0.05, 0) is 25.2 Å². The van der Waals surface area contributed by atoms with E-state index in [0.29, 0.717) is 0 Å². The van der Waals surface area contributed by atoms with Crippen LogP contribution in [0.15, 0.2) is 0 Å². The van der Waals surface area contributed by atoms with Gasteiger partial charge < -0.3 is 4.74 Å². The predicted octanol–water partition coefficient (Wildman–Crippen LogP) is 3.16. The van der Waals surface area contributed by atoms with Crippen LogP contribution in [0, 0.1) is 12.5 Å². The predicted molar refractivity (Wildman–Crippen MR) is 47.1 cm³/mol. The van der Waals surface area contributed by atoms with Crippen molar-refractivity contribution in [2.45, 2.75) is 45.4 Å². The Hall–Kier alpha value is -0.0400. The van der Waals surface area contributed by atoms with Crippen molar-refractivity contribution < 1.29 is 4.74 Å². The van der Waals surface area contributed by atoms with E-state index in [1.54, 1.807) is 0 Å². The first-order valence-corrected chi connectivity index (χ1v) is 4.88. The van der Waals surface area contributed by atoms with Gasteiger partial charge in [0.05, 0.1) is 6.61 Å². The molecule has 0 amide bonds. The second kappa shape index (κ2) is 5.59. The van der Waals surface area contributed by atoms with E-state index in [9.17, 15) is 0 Å². The molecule has 65 valence electrons. The van der Waals surface area contributed by atoms with E-state index < -0.39 is 0 Å². The Morgan fingerprint density at radius 2 is 2.00 bits per heavy atom. The summed E-state index contributed by atoms with van der Waals surface area (Å²) in [5, 5.41) is 0. The van der Waals surface area contributed by atoms with Crippen molar-refractivity contribution >= 4 is 0 Å². The van der Waals surface area contributed by atoms with Gasteiger partial charge in [0.1, 0.15) is 0 Å². The molecule has 1 heteroatoms. The molecule has 0 saturated heterocycles. The van der Waals surface area contributed by atoms with E-state index in [0.717, 1.165) is 18.9 Å². The lowest BCUT2D eigenvalue weighted by Crippen LogP contribution is -2.08. The quantitative estimate of drug-likeness (QED) is 0.567. The van der Waals surface area contributed by atoms with Crippen molar-refractivity contribution in [3.8, 4) is 0 Å². The lowest BCUT2D eigenvalue weighted by atomic mass is 9.90. The molecule has 1 radical (unpaired) electrons. The molecular weight excluding hydrogens is 136 g/mol. The molecule has 0 bridgehead atoms. The van der Waals surface area contributed by atoms with Crippen LogP contribution in [-0.2, 0) is 4.74 Å². The molecule has 0 atom stereocenters. The zero-order valence-corrected chi connectivity index (χ0v) is 7.51. The van der Waals surface area contributed by atoms with E-state index in [1.165, 1.54) is 32.1 Å². The van der Waals surface area contributed by atoms with Gasteiger partial charge >= 0.3 is 0 Å². The zero-order chi connectivity index (χ0) is 7.94. The van der Waals surface area contributed by atoms with Crippen LogP contribution >= 0.6 is 0 Å². The number of hydrogen-bond donors (Lipinski definition) is 0. The Bertz CT molecular complexity index is 84.9. The van der Waals surface area contributed by atoms with Gasteiger partial charge in [0.15, 0.2) is 0 Å². The van der Waals surface area contributed by atoms with Crippen LogP contribution in [0.2, 0.25) is 0 Å². The van der Waals surface area contributed by atoms with Gasteiger partial charge in [0.25, 0.3) is 0 Å². The summed E-state index contributed by atoms with van der Waals surface area (Å²) in [7, 11) is 0. The molecule has 0 aliphatic heterocycles. The molecule has 11 heavy (non-hydrogen) atoms. The number of hydrogen-bond acceptors (Lipinski definition) is 1. The van der Waals surface area contributed by atoms with E-state index in [4.69, 9.17) is 4.74 Å². The van der Waals surface area contributed by atoms with E-state index in [-0.39, 0.29) is 0 Å². The minimum atomic E-state index is 0.760. The van der Waals surface area contributed by atoms with Crippen molar-refractivity contribution in [1.29, 1.82) is 0 Å². The van der Waals surface area contributed by atoms with Gasteiger partial charge in [0.2, 0.25) is 0 Å². The molecule has 0 spiro atoms. The molecule has 0 aromatic heterocycles. The Morgan fingerprint density at radius 1 is 1.27 bits per heavy atom. The van der Waals surface area contributed by atoms with Gasteiger partial charge in [0, 0.05) is 6.61 Å². The first-order chi connectivity index (χ1) is 5.43. The molecule has 0 N–H and O–H groups in total. The molecule has 0 heterocycles. The molecule has 1 aliphatic rings. The highest BCUT2D eigenvalue weighted by molar-refractivity contribution is 4.72. The first kappa shape index (κ1) is 9.05. The third kappa shape index (κ3) is 3.76. The molecule has 1 nitrogen and oxygen atoms in total. The average molecular weight is 155 g/mol. The maximum Gasteiger partial charge on any atom is 0.0867 e. The van der Waals surface area contributed by atoms with Gasteiger partial charge in [-0.25, -0.2) is 0 Å². The molecule has 1 fully saturated rings. The minimum absolute atomic E-state index is 0.760. The summed E-state index contributed by atoms with van der Waals surface area (Å²) in [6, 6.07) is 0. The van der Waals surface area contributed by atoms with Crippen LogP contribution < -0.4 is 0 Å². The maximum atomic E-state index is 5.40. The fraction of sp³-hybridized carbons (Fsp3) is 0.900. The Labute approximate surface area is 70.1 Å². The van der Waals surface area contributed by atoms with Gasteiger partial charge in [-0.1, -0.05) is 26.2 Å². The standard InChI is InChI=1S/C10H19O/c1-2-8-11-9-10-6-4-3-5-7-10/h9-10H,2-8H2,1H3. The molecule has 1 rings (SSSR count). The third-order valence-corrected chi connectivity index (χ3v) is 2.26. The van der Waals surface area contributed by atoms with E-state index >= 15 is 0 Å². The van der Waals surface area contributed by atoms with Crippen LogP contribution in [0.3, 0.4) is 0 Å². The summed E-state index contributed by atoms with van der Waals surface area (Å²) in [5.41, 5.74) is 0. The maximum absolute atomic E-state index is 5.40. The fourth-order valence-corrected chi connectivity index (χ4v) is 1.59. The average Bonchev–Trinajstić information content (AvgIpc) is 2.07. The smallest absolute Gasteiger partial charge is 0.0867 e. The Balaban J connectivity index is 1.96. The lowest BCUT2D eigenvalue weighted by molar-refractivity contribution is 0.149. The first-order valence-electron chi connectivity index (χ1n) is 4.88. The Kier molecular flexibility index (Phi) is 4.60. The highest BCUT2D eigenvalue weighted by Crippen LogP contribution is 2.25.